The van der Waals surface area contributed by atoms with Gasteiger partial charge in [-0.05, 0) is 49.3 Å². The van der Waals surface area contributed by atoms with Crippen molar-refractivity contribution in [3.63, 3.8) is 0 Å². The maximum atomic E-state index is 10.5. The van der Waals surface area contributed by atoms with Gasteiger partial charge in [-0.25, -0.2) is 0 Å². The highest BCUT2D eigenvalue weighted by Crippen LogP contribution is 2.34. The molecule has 1 aromatic carbocycles. The Morgan fingerprint density at radius 2 is 1.70 bits per heavy atom. The molecule has 1 saturated carbocycles. The summed E-state index contributed by atoms with van der Waals surface area (Å²) in [5.74, 6) is 1.13. The molecule has 1 aliphatic carbocycles. The quantitative estimate of drug-likeness (QED) is 0.878. The number of hydrogen-bond donors (Lipinski definition) is 2. The van der Waals surface area contributed by atoms with Crippen LogP contribution in [0.4, 0.5) is 0 Å². The van der Waals surface area contributed by atoms with E-state index in [4.69, 9.17) is 0 Å². The molecule has 2 nitrogen and oxygen atoms in total. The molecule has 110 valence electrons. The summed E-state index contributed by atoms with van der Waals surface area (Å²) in [6.07, 6.45) is 8.86. The van der Waals surface area contributed by atoms with Gasteiger partial charge in [-0.3, -0.25) is 0 Å². The number of aliphatic hydroxyl groups excluding tert-OH is 1. The van der Waals surface area contributed by atoms with Crippen molar-refractivity contribution < 1.29 is 5.11 Å². The summed E-state index contributed by atoms with van der Waals surface area (Å²) < 4.78 is 0. The van der Waals surface area contributed by atoms with Crippen LogP contribution in [0.3, 0.4) is 0 Å². The van der Waals surface area contributed by atoms with E-state index in [-0.39, 0.29) is 6.10 Å². The van der Waals surface area contributed by atoms with Gasteiger partial charge in [-0.2, -0.15) is 0 Å². The molecule has 1 saturated heterocycles. The van der Waals surface area contributed by atoms with Crippen molar-refractivity contribution in [2.45, 2.75) is 57.0 Å². The Morgan fingerprint density at radius 1 is 0.950 bits per heavy atom. The topological polar surface area (TPSA) is 32.3 Å². The fourth-order valence-electron chi connectivity index (χ4n) is 3.82. The summed E-state index contributed by atoms with van der Waals surface area (Å²) in [5, 5.41) is 13.9. The molecule has 2 aliphatic rings. The Labute approximate surface area is 122 Å². The van der Waals surface area contributed by atoms with Gasteiger partial charge in [0.25, 0.3) is 0 Å². The number of benzene rings is 1. The third kappa shape index (κ3) is 3.24. The lowest BCUT2D eigenvalue weighted by molar-refractivity contribution is 0.0921. The SMILES string of the molecule is OC(c1ccc(C2CCCCC2)cc1)C1CCCNC1. The molecule has 20 heavy (non-hydrogen) atoms. The highest BCUT2D eigenvalue weighted by molar-refractivity contribution is 5.27. The van der Waals surface area contributed by atoms with Crippen LogP contribution in [0.1, 0.15) is 68.1 Å². The number of nitrogens with one attached hydrogen (secondary N) is 1. The number of rotatable bonds is 3. The standard InChI is InChI=1S/C18H27NO/c20-18(17-7-4-12-19-13-17)16-10-8-15(9-11-16)14-5-2-1-3-6-14/h8-11,14,17-20H,1-7,12-13H2. The zero-order chi connectivity index (χ0) is 13.8. The second-order valence-electron chi connectivity index (χ2n) is 6.55. The summed E-state index contributed by atoms with van der Waals surface area (Å²) in [5.41, 5.74) is 2.57. The van der Waals surface area contributed by atoms with Crippen molar-refractivity contribution in [2.24, 2.45) is 5.92 Å². The van der Waals surface area contributed by atoms with Crippen molar-refractivity contribution in [3.05, 3.63) is 35.4 Å². The Balaban J connectivity index is 1.65. The van der Waals surface area contributed by atoms with Gasteiger partial charge in [0.1, 0.15) is 0 Å². The van der Waals surface area contributed by atoms with E-state index in [1.807, 2.05) is 0 Å². The lowest BCUT2D eigenvalue weighted by atomic mass is 9.83. The van der Waals surface area contributed by atoms with Crippen LogP contribution in [-0.2, 0) is 0 Å². The molecule has 0 amide bonds. The van der Waals surface area contributed by atoms with Crippen LogP contribution in [0.5, 0.6) is 0 Å². The molecule has 2 fully saturated rings. The van der Waals surface area contributed by atoms with Gasteiger partial charge < -0.3 is 10.4 Å². The van der Waals surface area contributed by atoms with Crippen LogP contribution in [0, 0.1) is 5.92 Å². The van der Waals surface area contributed by atoms with Gasteiger partial charge in [-0.1, -0.05) is 43.5 Å². The van der Waals surface area contributed by atoms with Crippen molar-refractivity contribution in [1.82, 2.24) is 5.32 Å². The molecule has 2 heteroatoms. The first kappa shape index (κ1) is 14.1. The largest absolute Gasteiger partial charge is 0.388 e. The van der Waals surface area contributed by atoms with E-state index in [9.17, 15) is 5.11 Å². The first-order valence-electron chi connectivity index (χ1n) is 8.33. The molecule has 0 aromatic heterocycles. The third-order valence-corrected chi connectivity index (χ3v) is 5.14. The Kier molecular flexibility index (Phi) is 4.74. The van der Waals surface area contributed by atoms with Crippen LogP contribution in [0.15, 0.2) is 24.3 Å². The van der Waals surface area contributed by atoms with Crippen molar-refractivity contribution >= 4 is 0 Å². The second kappa shape index (κ2) is 6.73. The van der Waals surface area contributed by atoms with E-state index in [0.29, 0.717) is 5.92 Å². The van der Waals surface area contributed by atoms with E-state index >= 15 is 0 Å². The van der Waals surface area contributed by atoms with Crippen LogP contribution in [0.2, 0.25) is 0 Å². The monoisotopic (exact) mass is 273 g/mol. The highest BCUT2D eigenvalue weighted by atomic mass is 16.3. The Hall–Kier alpha value is -0.860. The number of piperidine rings is 1. The zero-order valence-electron chi connectivity index (χ0n) is 12.4. The minimum Gasteiger partial charge on any atom is -0.388 e. The van der Waals surface area contributed by atoms with Gasteiger partial charge >= 0.3 is 0 Å². The van der Waals surface area contributed by atoms with Crippen LogP contribution < -0.4 is 5.32 Å². The average Bonchev–Trinajstić information content (AvgIpc) is 2.56. The maximum absolute atomic E-state index is 10.5. The van der Waals surface area contributed by atoms with E-state index < -0.39 is 0 Å². The summed E-state index contributed by atoms with van der Waals surface area (Å²) >= 11 is 0. The number of hydrogen-bond acceptors (Lipinski definition) is 2. The van der Waals surface area contributed by atoms with Gasteiger partial charge in [0.2, 0.25) is 0 Å². The normalized spacial score (nSPS) is 26.4. The fourth-order valence-corrected chi connectivity index (χ4v) is 3.82. The van der Waals surface area contributed by atoms with Crippen molar-refractivity contribution in [3.8, 4) is 0 Å². The van der Waals surface area contributed by atoms with Crippen LogP contribution >= 0.6 is 0 Å². The fraction of sp³-hybridized carbons (Fsp3) is 0.667. The summed E-state index contributed by atoms with van der Waals surface area (Å²) in [6.45, 7) is 2.05. The molecule has 3 rings (SSSR count). The Morgan fingerprint density at radius 3 is 2.35 bits per heavy atom. The van der Waals surface area contributed by atoms with E-state index in [2.05, 4.69) is 29.6 Å². The van der Waals surface area contributed by atoms with Crippen LogP contribution in [-0.4, -0.2) is 18.2 Å². The molecule has 2 atom stereocenters. The van der Waals surface area contributed by atoms with E-state index in [0.717, 1.165) is 31.0 Å². The Bertz CT molecular complexity index is 402. The molecular weight excluding hydrogens is 246 g/mol. The smallest absolute Gasteiger partial charge is 0.0830 e. The molecule has 0 spiro atoms. The van der Waals surface area contributed by atoms with Gasteiger partial charge in [0.15, 0.2) is 0 Å². The first-order chi connectivity index (χ1) is 9.84. The molecule has 1 heterocycles. The predicted octanol–water partition coefficient (Wildman–Crippen LogP) is 3.77. The minimum atomic E-state index is -0.303. The van der Waals surface area contributed by atoms with E-state index in [1.165, 1.54) is 44.1 Å². The molecule has 2 N–H and O–H groups in total. The zero-order valence-corrected chi connectivity index (χ0v) is 12.4. The van der Waals surface area contributed by atoms with Gasteiger partial charge in [0.05, 0.1) is 6.10 Å². The first-order valence-corrected chi connectivity index (χ1v) is 8.33. The summed E-state index contributed by atoms with van der Waals surface area (Å²) in [6, 6.07) is 8.82. The summed E-state index contributed by atoms with van der Waals surface area (Å²) in [7, 11) is 0. The minimum absolute atomic E-state index is 0.303. The van der Waals surface area contributed by atoms with E-state index in [1.54, 1.807) is 0 Å². The molecule has 0 radical (unpaired) electrons. The lowest BCUT2D eigenvalue weighted by Crippen LogP contribution is -2.33. The van der Waals surface area contributed by atoms with Crippen molar-refractivity contribution in [2.75, 3.05) is 13.1 Å². The molecular formula is C18H27NO. The predicted molar refractivity (Wildman–Crippen MR) is 82.8 cm³/mol. The highest BCUT2D eigenvalue weighted by Gasteiger charge is 2.23. The van der Waals surface area contributed by atoms with Crippen molar-refractivity contribution in [1.29, 1.82) is 0 Å². The maximum Gasteiger partial charge on any atom is 0.0830 e. The van der Waals surface area contributed by atoms with Gasteiger partial charge in [-0.15, -0.1) is 0 Å². The molecule has 1 aromatic rings. The molecule has 0 bridgehead atoms. The number of aliphatic hydroxyl groups is 1. The molecule has 2 unspecified atom stereocenters. The summed E-state index contributed by atoms with van der Waals surface area (Å²) in [4.78, 5) is 0. The van der Waals surface area contributed by atoms with Crippen LogP contribution in [0.25, 0.3) is 0 Å². The van der Waals surface area contributed by atoms with Gasteiger partial charge in [0, 0.05) is 12.5 Å². The second-order valence-corrected chi connectivity index (χ2v) is 6.55. The lowest BCUT2D eigenvalue weighted by Gasteiger charge is -2.28. The average molecular weight is 273 g/mol. The third-order valence-electron chi connectivity index (χ3n) is 5.14. The molecule has 1 aliphatic heterocycles.